The van der Waals surface area contributed by atoms with Gasteiger partial charge < -0.3 is 31.6 Å². The van der Waals surface area contributed by atoms with Crippen LogP contribution in [0.15, 0.2) is 29.3 Å². The molecule has 180 valence electrons. The van der Waals surface area contributed by atoms with Crippen LogP contribution in [0.5, 0.6) is 0 Å². The molecule has 10 heteroatoms. The van der Waals surface area contributed by atoms with Crippen LogP contribution in [0.3, 0.4) is 0 Å². The number of amides is 1. The number of hydrogen-bond acceptors (Lipinski definition) is 8. The Morgan fingerprint density at radius 1 is 1.21 bits per heavy atom. The van der Waals surface area contributed by atoms with Crippen LogP contribution in [0.1, 0.15) is 41.8 Å². The molecule has 1 aromatic carbocycles. The van der Waals surface area contributed by atoms with E-state index in [0.717, 1.165) is 30.0 Å². The largest absolute Gasteiger partial charge is 0.481 e. The summed E-state index contributed by atoms with van der Waals surface area (Å²) in [4.78, 5) is 20.4. The van der Waals surface area contributed by atoms with E-state index in [1.165, 1.54) is 0 Å². The number of aliphatic imine (C=N–C) groups is 1. The van der Waals surface area contributed by atoms with Crippen LogP contribution in [0.25, 0.3) is 0 Å². The first-order valence-electron chi connectivity index (χ1n) is 10.6. The van der Waals surface area contributed by atoms with Crippen molar-refractivity contribution in [2.24, 2.45) is 16.5 Å². The maximum absolute atomic E-state index is 14.6. The second-order valence-corrected chi connectivity index (χ2v) is 7.70. The molecule has 0 bridgehead atoms. The van der Waals surface area contributed by atoms with Gasteiger partial charge >= 0.3 is 0 Å². The molecule has 1 amide bonds. The fourth-order valence-electron chi connectivity index (χ4n) is 3.16. The average molecular weight is 461 g/mol. The van der Waals surface area contributed by atoms with Crippen LogP contribution in [-0.2, 0) is 15.9 Å². The first-order valence-corrected chi connectivity index (χ1v) is 10.6. The molecular weight excluding hydrogens is 427 g/mol. The number of aromatic nitrogens is 1. The summed E-state index contributed by atoms with van der Waals surface area (Å²) in [6.45, 7) is 4.23. The summed E-state index contributed by atoms with van der Waals surface area (Å²) in [5, 5.41) is 6.01. The van der Waals surface area contributed by atoms with Gasteiger partial charge in [0.15, 0.2) is 11.6 Å². The van der Waals surface area contributed by atoms with Gasteiger partial charge in [-0.05, 0) is 50.5 Å². The van der Waals surface area contributed by atoms with Crippen molar-refractivity contribution in [1.29, 1.82) is 0 Å². The highest BCUT2D eigenvalue weighted by Gasteiger charge is 2.19. The monoisotopic (exact) mass is 460 g/mol. The van der Waals surface area contributed by atoms with E-state index in [4.69, 9.17) is 20.9 Å². The third-order valence-electron chi connectivity index (χ3n) is 5.19. The molecule has 0 saturated heterocycles. The van der Waals surface area contributed by atoms with Gasteiger partial charge in [-0.25, -0.2) is 9.37 Å². The molecule has 0 unspecified atom stereocenters. The van der Waals surface area contributed by atoms with Gasteiger partial charge in [-0.2, -0.15) is 0 Å². The van der Waals surface area contributed by atoms with E-state index in [1.54, 1.807) is 28.2 Å². The van der Waals surface area contributed by atoms with Gasteiger partial charge in [0, 0.05) is 44.1 Å². The van der Waals surface area contributed by atoms with Crippen molar-refractivity contribution >= 4 is 29.1 Å². The number of carbonyl (C=O) groups excluding carboxylic acids is 1. The number of carbonyl (C=O) groups is 1. The van der Waals surface area contributed by atoms with Gasteiger partial charge in [-0.3, -0.25) is 9.79 Å². The third kappa shape index (κ3) is 6.87. The third-order valence-corrected chi connectivity index (χ3v) is 5.19. The first-order chi connectivity index (χ1) is 15.7. The zero-order chi connectivity index (χ0) is 24.5. The SMILES string of the molecule is C/N=C(/OC)c1cc(Nc2nc(N[C@H](C)[C@H](C)N)c(F)cc2C(N)=O)ccc1CCCOC. The summed E-state index contributed by atoms with van der Waals surface area (Å²) in [6.07, 6.45) is 1.59. The maximum Gasteiger partial charge on any atom is 0.252 e. The number of nitrogens with one attached hydrogen (secondary N) is 2. The second-order valence-electron chi connectivity index (χ2n) is 7.70. The van der Waals surface area contributed by atoms with Crippen molar-refractivity contribution in [3.63, 3.8) is 0 Å². The van der Waals surface area contributed by atoms with E-state index in [0.29, 0.717) is 18.2 Å². The molecule has 0 spiro atoms. The van der Waals surface area contributed by atoms with Gasteiger partial charge in [0.1, 0.15) is 5.82 Å². The highest BCUT2D eigenvalue weighted by molar-refractivity contribution is 5.99. The number of ether oxygens (including phenoxy) is 2. The van der Waals surface area contributed by atoms with Crippen LogP contribution in [-0.4, -0.2) is 56.7 Å². The molecule has 0 fully saturated rings. The number of hydrogen-bond donors (Lipinski definition) is 4. The standard InChI is InChI=1S/C23H33FN6O3/c1-13(25)14(2)28-22-19(24)12-18(20(26)31)21(30-22)29-16-9-8-15(7-6-10-32-4)17(11-16)23(27-3)33-5/h8-9,11-14H,6-7,10,25H2,1-5H3,(H2,26,31)(H2,28,29,30)/b27-23+/t13-,14+/m0/s1. The minimum absolute atomic E-state index is 0.0311. The van der Waals surface area contributed by atoms with Crippen molar-refractivity contribution in [2.45, 2.75) is 38.8 Å². The molecule has 2 rings (SSSR count). The summed E-state index contributed by atoms with van der Waals surface area (Å²) >= 11 is 0. The smallest absolute Gasteiger partial charge is 0.252 e. The minimum Gasteiger partial charge on any atom is -0.481 e. The van der Waals surface area contributed by atoms with Gasteiger partial charge in [0.25, 0.3) is 5.91 Å². The lowest BCUT2D eigenvalue weighted by Crippen LogP contribution is -2.35. The van der Waals surface area contributed by atoms with E-state index < -0.39 is 11.7 Å². The normalized spacial score (nSPS) is 13.4. The van der Waals surface area contributed by atoms with Gasteiger partial charge in [-0.15, -0.1) is 0 Å². The first kappa shape index (κ1) is 26.0. The van der Waals surface area contributed by atoms with E-state index >= 15 is 0 Å². The fourth-order valence-corrected chi connectivity index (χ4v) is 3.16. The van der Waals surface area contributed by atoms with Crippen molar-refractivity contribution in [1.82, 2.24) is 4.98 Å². The van der Waals surface area contributed by atoms with E-state index in [2.05, 4.69) is 20.6 Å². The Bertz CT molecular complexity index is 996. The Labute approximate surface area is 193 Å². The molecule has 0 radical (unpaired) electrons. The number of halogens is 1. The van der Waals surface area contributed by atoms with E-state index in [9.17, 15) is 9.18 Å². The minimum atomic E-state index is -0.806. The molecular formula is C23H33FN6O3. The lowest BCUT2D eigenvalue weighted by atomic mass is 10.0. The molecule has 0 aliphatic carbocycles. The van der Waals surface area contributed by atoms with Crippen molar-refractivity contribution < 1.29 is 18.7 Å². The number of methoxy groups -OCH3 is 2. The van der Waals surface area contributed by atoms with Gasteiger partial charge in [0.2, 0.25) is 5.90 Å². The highest BCUT2D eigenvalue weighted by atomic mass is 19.1. The summed E-state index contributed by atoms with van der Waals surface area (Å²) in [6, 6.07) is 6.17. The Kier molecular flexibility index (Phi) is 9.56. The fraction of sp³-hybridized carbons (Fsp3) is 0.435. The number of primary amides is 1. The summed E-state index contributed by atoms with van der Waals surface area (Å²) in [5.74, 6) is -0.956. The number of nitrogens with zero attached hydrogens (tertiary/aromatic N) is 2. The predicted molar refractivity (Wildman–Crippen MR) is 129 cm³/mol. The van der Waals surface area contributed by atoms with E-state index in [1.807, 2.05) is 25.1 Å². The van der Waals surface area contributed by atoms with Crippen LogP contribution in [0.4, 0.5) is 21.7 Å². The van der Waals surface area contributed by atoms with Gasteiger partial charge in [0.05, 0.1) is 12.7 Å². The topological polar surface area (TPSA) is 137 Å². The maximum atomic E-state index is 14.6. The predicted octanol–water partition coefficient (Wildman–Crippen LogP) is 2.81. The number of pyridine rings is 1. The Morgan fingerprint density at radius 2 is 1.94 bits per heavy atom. The average Bonchev–Trinajstić information content (AvgIpc) is 2.77. The Balaban J connectivity index is 2.47. The van der Waals surface area contributed by atoms with Crippen molar-refractivity contribution in [3.8, 4) is 0 Å². The quantitative estimate of drug-likeness (QED) is 0.230. The van der Waals surface area contributed by atoms with Crippen molar-refractivity contribution in [2.75, 3.05) is 38.5 Å². The molecule has 0 aliphatic heterocycles. The number of aryl methyl sites for hydroxylation is 1. The van der Waals surface area contributed by atoms with E-state index in [-0.39, 0.29) is 29.3 Å². The zero-order valence-electron chi connectivity index (χ0n) is 19.7. The zero-order valence-corrected chi connectivity index (χ0v) is 19.7. The lowest BCUT2D eigenvalue weighted by molar-refractivity contribution is 0.100. The number of nitrogens with two attached hydrogens (primary N) is 2. The molecule has 9 nitrogen and oxygen atoms in total. The Hall–Kier alpha value is -3.24. The summed E-state index contributed by atoms with van der Waals surface area (Å²) in [7, 11) is 4.85. The number of benzene rings is 1. The summed E-state index contributed by atoms with van der Waals surface area (Å²) in [5.41, 5.74) is 13.7. The number of rotatable bonds is 11. The lowest BCUT2D eigenvalue weighted by Gasteiger charge is -2.20. The van der Waals surface area contributed by atoms with Crippen LogP contribution in [0, 0.1) is 5.82 Å². The second kappa shape index (κ2) is 12.1. The van der Waals surface area contributed by atoms with Gasteiger partial charge in [-0.1, -0.05) is 6.07 Å². The molecule has 33 heavy (non-hydrogen) atoms. The number of anilines is 3. The van der Waals surface area contributed by atoms with Crippen LogP contribution < -0.4 is 22.1 Å². The molecule has 6 N–H and O–H groups in total. The van der Waals surface area contributed by atoms with Crippen LogP contribution in [0.2, 0.25) is 0 Å². The molecule has 0 saturated carbocycles. The molecule has 2 atom stereocenters. The molecule has 1 heterocycles. The van der Waals surface area contributed by atoms with Crippen molar-refractivity contribution in [3.05, 3.63) is 46.8 Å². The van der Waals surface area contributed by atoms with Crippen LogP contribution >= 0.6 is 0 Å². The molecule has 2 aromatic rings. The highest BCUT2D eigenvalue weighted by Crippen LogP contribution is 2.26. The summed E-state index contributed by atoms with van der Waals surface area (Å²) < 4.78 is 25.1. The molecule has 0 aliphatic rings. The Morgan fingerprint density at radius 3 is 2.52 bits per heavy atom. The molecule has 1 aromatic heterocycles.